The molecule has 0 heterocycles. The Morgan fingerprint density at radius 3 is 2.93 bits per heavy atom. The van der Waals surface area contributed by atoms with Crippen molar-refractivity contribution in [3.05, 3.63) is 35.4 Å². The second-order valence-electron chi connectivity index (χ2n) is 2.84. The van der Waals surface area contributed by atoms with Gasteiger partial charge < -0.3 is 10.8 Å². The third-order valence-electron chi connectivity index (χ3n) is 1.72. The van der Waals surface area contributed by atoms with E-state index in [2.05, 4.69) is 0 Å². The maximum Gasteiger partial charge on any atom is 0.248 e. The van der Waals surface area contributed by atoms with Crippen molar-refractivity contribution >= 4 is 17.7 Å². The summed E-state index contributed by atoms with van der Waals surface area (Å²) in [7, 11) is 0. The van der Waals surface area contributed by atoms with E-state index in [9.17, 15) is 4.79 Å². The third kappa shape index (κ3) is 3.40. The molecule has 0 radical (unpaired) electrons. The van der Waals surface area contributed by atoms with Crippen LogP contribution in [-0.4, -0.2) is 23.4 Å². The Morgan fingerprint density at radius 1 is 1.50 bits per heavy atom. The summed E-state index contributed by atoms with van der Waals surface area (Å²) in [6.45, 7) is 0.181. The first-order valence-electron chi connectivity index (χ1n) is 4.31. The zero-order chi connectivity index (χ0) is 10.4. The minimum atomic E-state index is -0.404. The van der Waals surface area contributed by atoms with Crippen LogP contribution in [0.4, 0.5) is 0 Å². The van der Waals surface area contributed by atoms with E-state index in [0.717, 1.165) is 11.3 Å². The van der Waals surface area contributed by atoms with E-state index in [-0.39, 0.29) is 6.61 Å². The largest absolute Gasteiger partial charge is 0.396 e. The molecule has 0 saturated carbocycles. The lowest BCUT2D eigenvalue weighted by Crippen LogP contribution is -2.10. The maximum absolute atomic E-state index is 10.9. The molecule has 4 heteroatoms. The van der Waals surface area contributed by atoms with Gasteiger partial charge in [0, 0.05) is 17.1 Å². The highest BCUT2D eigenvalue weighted by molar-refractivity contribution is 7.98. The number of hydrogen-bond acceptors (Lipinski definition) is 3. The van der Waals surface area contributed by atoms with Gasteiger partial charge in [0.05, 0.1) is 6.61 Å². The molecule has 0 unspecified atom stereocenters. The van der Waals surface area contributed by atoms with E-state index in [1.165, 1.54) is 0 Å². The van der Waals surface area contributed by atoms with Crippen molar-refractivity contribution in [3.8, 4) is 0 Å². The fourth-order valence-corrected chi connectivity index (χ4v) is 1.76. The van der Waals surface area contributed by atoms with Gasteiger partial charge >= 0.3 is 0 Å². The fourth-order valence-electron chi connectivity index (χ4n) is 1.07. The van der Waals surface area contributed by atoms with Crippen molar-refractivity contribution in [2.75, 3.05) is 12.4 Å². The summed E-state index contributed by atoms with van der Waals surface area (Å²) in [5.41, 5.74) is 6.74. The molecule has 1 aromatic carbocycles. The molecule has 14 heavy (non-hydrogen) atoms. The number of primary amides is 1. The van der Waals surface area contributed by atoms with E-state index in [1.54, 1.807) is 23.9 Å². The minimum absolute atomic E-state index is 0.181. The summed E-state index contributed by atoms with van der Waals surface area (Å²) in [6.07, 6.45) is 0. The average Bonchev–Trinajstić information content (AvgIpc) is 2.19. The van der Waals surface area contributed by atoms with Crippen LogP contribution in [0.15, 0.2) is 24.3 Å². The monoisotopic (exact) mass is 211 g/mol. The Balaban J connectivity index is 2.59. The molecular formula is C10H13NO2S. The van der Waals surface area contributed by atoms with E-state index in [4.69, 9.17) is 10.8 Å². The van der Waals surface area contributed by atoms with Gasteiger partial charge in [0.15, 0.2) is 0 Å². The summed E-state index contributed by atoms with van der Waals surface area (Å²) < 4.78 is 0. The van der Waals surface area contributed by atoms with Crippen LogP contribution in [-0.2, 0) is 5.75 Å². The zero-order valence-corrected chi connectivity index (χ0v) is 8.59. The number of nitrogens with two attached hydrogens (primary N) is 1. The number of hydrogen-bond donors (Lipinski definition) is 2. The molecule has 0 aliphatic carbocycles. The average molecular weight is 211 g/mol. The van der Waals surface area contributed by atoms with Gasteiger partial charge in [-0.25, -0.2) is 0 Å². The summed E-state index contributed by atoms with van der Waals surface area (Å²) in [5.74, 6) is 1.10. The molecular weight excluding hydrogens is 198 g/mol. The maximum atomic E-state index is 10.9. The Hall–Kier alpha value is -1.00. The molecule has 0 bridgehead atoms. The molecule has 76 valence electrons. The number of carbonyl (C=O) groups excluding carboxylic acids is 1. The molecule has 1 amide bonds. The molecule has 0 atom stereocenters. The normalized spacial score (nSPS) is 10.1. The molecule has 0 aliphatic heterocycles. The van der Waals surface area contributed by atoms with Crippen molar-refractivity contribution in [1.29, 1.82) is 0 Å². The SMILES string of the molecule is NC(=O)c1cccc(CSCCO)c1. The van der Waals surface area contributed by atoms with Crippen LogP contribution < -0.4 is 5.73 Å². The lowest BCUT2D eigenvalue weighted by Gasteiger charge is -2.01. The number of rotatable bonds is 5. The van der Waals surface area contributed by atoms with Gasteiger partial charge in [0.1, 0.15) is 0 Å². The first kappa shape index (κ1) is 11.1. The van der Waals surface area contributed by atoms with Gasteiger partial charge in [-0.15, -0.1) is 0 Å². The number of aliphatic hydroxyl groups is 1. The van der Waals surface area contributed by atoms with Crippen LogP contribution in [0, 0.1) is 0 Å². The molecule has 0 aliphatic rings. The van der Waals surface area contributed by atoms with Crippen LogP contribution in [0.2, 0.25) is 0 Å². The van der Waals surface area contributed by atoms with E-state index >= 15 is 0 Å². The topological polar surface area (TPSA) is 63.3 Å². The second-order valence-corrected chi connectivity index (χ2v) is 3.95. The van der Waals surface area contributed by atoms with Crippen LogP contribution in [0.1, 0.15) is 15.9 Å². The van der Waals surface area contributed by atoms with Crippen molar-refractivity contribution in [2.45, 2.75) is 5.75 Å². The Morgan fingerprint density at radius 2 is 2.29 bits per heavy atom. The second kappa shape index (κ2) is 5.67. The van der Waals surface area contributed by atoms with Crippen molar-refractivity contribution < 1.29 is 9.90 Å². The van der Waals surface area contributed by atoms with Gasteiger partial charge in [0.25, 0.3) is 0 Å². The summed E-state index contributed by atoms with van der Waals surface area (Å²) in [6, 6.07) is 7.24. The number of carbonyl (C=O) groups is 1. The predicted molar refractivity (Wildman–Crippen MR) is 58.2 cm³/mol. The highest BCUT2D eigenvalue weighted by atomic mass is 32.2. The lowest BCUT2D eigenvalue weighted by molar-refractivity contribution is 0.1000. The van der Waals surface area contributed by atoms with Crippen molar-refractivity contribution in [1.82, 2.24) is 0 Å². The standard InChI is InChI=1S/C10H13NO2S/c11-10(13)9-3-1-2-8(6-9)7-14-5-4-12/h1-3,6,12H,4-5,7H2,(H2,11,13). The highest BCUT2D eigenvalue weighted by Crippen LogP contribution is 2.13. The Kier molecular flexibility index (Phi) is 4.49. The number of amides is 1. The fraction of sp³-hybridized carbons (Fsp3) is 0.300. The van der Waals surface area contributed by atoms with Crippen molar-refractivity contribution in [3.63, 3.8) is 0 Å². The molecule has 1 aromatic rings. The van der Waals surface area contributed by atoms with Gasteiger partial charge in [-0.2, -0.15) is 11.8 Å². The lowest BCUT2D eigenvalue weighted by atomic mass is 10.1. The summed E-state index contributed by atoms with van der Waals surface area (Å²) >= 11 is 1.62. The molecule has 3 N–H and O–H groups in total. The molecule has 0 saturated heterocycles. The predicted octanol–water partition coefficient (Wildman–Crippen LogP) is 1.01. The van der Waals surface area contributed by atoms with Crippen LogP contribution >= 0.6 is 11.8 Å². The third-order valence-corrected chi connectivity index (χ3v) is 2.72. The van der Waals surface area contributed by atoms with Gasteiger partial charge in [-0.3, -0.25) is 4.79 Å². The van der Waals surface area contributed by atoms with Crippen LogP contribution in [0.3, 0.4) is 0 Å². The Bertz CT molecular complexity index is 315. The van der Waals surface area contributed by atoms with Crippen LogP contribution in [0.25, 0.3) is 0 Å². The smallest absolute Gasteiger partial charge is 0.248 e. The van der Waals surface area contributed by atoms with Crippen LogP contribution in [0.5, 0.6) is 0 Å². The minimum Gasteiger partial charge on any atom is -0.396 e. The quantitative estimate of drug-likeness (QED) is 0.714. The number of thioether (sulfide) groups is 1. The zero-order valence-electron chi connectivity index (χ0n) is 7.77. The molecule has 0 fully saturated rings. The molecule has 3 nitrogen and oxygen atoms in total. The molecule has 0 spiro atoms. The van der Waals surface area contributed by atoms with E-state index in [1.807, 2.05) is 12.1 Å². The first-order valence-corrected chi connectivity index (χ1v) is 5.47. The highest BCUT2D eigenvalue weighted by Gasteiger charge is 2.00. The first-order chi connectivity index (χ1) is 6.74. The summed E-state index contributed by atoms with van der Waals surface area (Å²) in [5, 5.41) is 8.59. The Labute approximate surface area is 87.3 Å². The molecule has 1 rings (SSSR count). The van der Waals surface area contributed by atoms with Gasteiger partial charge in [0.2, 0.25) is 5.91 Å². The summed E-state index contributed by atoms with van der Waals surface area (Å²) in [4.78, 5) is 10.9. The van der Waals surface area contributed by atoms with E-state index in [0.29, 0.717) is 11.3 Å². The van der Waals surface area contributed by atoms with Gasteiger partial charge in [-0.05, 0) is 17.7 Å². The number of aliphatic hydroxyl groups excluding tert-OH is 1. The van der Waals surface area contributed by atoms with Gasteiger partial charge in [-0.1, -0.05) is 12.1 Å². The van der Waals surface area contributed by atoms with E-state index < -0.39 is 5.91 Å². The van der Waals surface area contributed by atoms with Crippen molar-refractivity contribution in [2.24, 2.45) is 5.73 Å². The number of benzene rings is 1. The molecule has 0 aromatic heterocycles.